The van der Waals surface area contributed by atoms with Crippen LogP contribution in [0.25, 0.3) is 0 Å². The molecule has 15 N–H and O–H groups in total. The number of benzene rings is 1. The smallest absolute Gasteiger partial charge is 0.262 e. The summed E-state index contributed by atoms with van der Waals surface area (Å²) in [6.07, 6.45) is -4.60. The van der Waals surface area contributed by atoms with Gasteiger partial charge in [0.2, 0.25) is 35.4 Å². The minimum absolute atomic E-state index is 0.00428. The molecule has 22 heteroatoms. The number of nitrogens with one attached hydrogen (secondary N) is 3. The Balaban J connectivity index is 2.87. The molecule has 62 heavy (non-hydrogen) atoms. The van der Waals surface area contributed by atoms with Crippen LogP contribution in [0.2, 0.25) is 0 Å². The number of Topliss-reactive ketones (excluding diaryl/α,β-unsaturated/α-hetero) is 1. The summed E-state index contributed by atoms with van der Waals surface area (Å²) in [4.78, 5) is 137. The van der Waals surface area contributed by atoms with E-state index in [-0.39, 0.29) is 30.7 Å². The maximum Gasteiger partial charge on any atom is 0.262 e. The quantitative estimate of drug-likeness (QED) is 0.0350. The molecule has 0 bridgehead atoms. The number of nitrogens with two attached hydrogens (primary N) is 5. The molecule has 0 spiro atoms. The van der Waals surface area contributed by atoms with Gasteiger partial charge in [-0.25, -0.2) is 0 Å². The van der Waals surface area contributed by atoms with Crippen LogP contribution in [0, 0.1) is 11.8 Å². The van der Waals surface area contributed by atoms with Crippen LogP contribution in [0.3, 0.4) is 0 Å². The number of amides is 9. The molecule has 1 fully saturated rings. The largest absolute Gasteiger partial charge is 0.394 e. The summed E-state index contributed by atoms with van der Waals surface area (Å²) in [5.74, 6) is -13.9. The van der Waals surface area contributed by atoms with Gasteiger partial charge in [0.15, 0.2) is 17.0 Å². The Kier molecular flexibility index (Phi) is 19.4. The summed E-state index contributed by atoms with van der Waals surface area (Å²) in [5, 5.41) is 27.9. The van der Waals surface area contributed by atoms with Gasteiger partial charge in [-0.1, -0.05) is 58.0 Å². The highest BCUT2D eigenvalue weighted by Gasteiger charge is 2.60. The van der Waals surface area contributed by atoms with E-state index in [1.54, 1.807) is 44.2 Å². The first kappa shape index (κ1) is 52.5. The highest BCUT2D eigenvalue weighted by Crippen LogP contribution is 2.33. The van der Waals surface area contributed by atoms with Gasteiger partial charge in [-0.2, -0.15) is 0 Å². The van der Waals surface area contributed by atoms with Crippen LogP contribution >= 0.6 is 0 Å². The van der Waals surface area contributed by atoms with E-state index >= 15 is 9.59 Å². The van der Waals surface area contributed by atoms with Crippen molar-refractivity contribution in [3.63, 3.8) is 0 Å². The Morgan fingerprint density at radius 1 is 0.903 bits per heavy atom. The summed E-state index contributed by atoms with van der Waals surface area (Å²) in [5.41, 5.74) is 24.3. The number of hydrogen-bond donors (Lipinski definition) is 10. The third kappa shape index (κ3) is 12.9. The van der Waals surface area contributed by atoms with E-state index in [2.05, 4.69) is 16.0 Å². The SMILES string of the molecule is CC(=O)N(C(=O)[C@H](CCC(N)=O)NC(=O)[C@@H](N)CO)[C@@H](CC(N)=O)C(=O)[C@@]1(C(=O)N(C(=O)CC(O)CCc2ccccc2)[C@](N)(C(=O)N[C@H](C(N)=O)C(C)C)C(C)C)CCCN1. The average Bonchev–Trinajstić information content (AvgIpc) is 3.70. The molecule has 1 unspecified atom stereocenters. The molecule has 0 saturated carbocycles. The fourth-order valence-corrected chi connectivity index (χ4v) is 7.12. The van der Waals surface area contributed by atoms with Gasteiger partial charge in [-0.3, -0.25) is 63.1 Å². The molecule has 0 aromatic heterocycles. The topological polar surface area (TPSA) is 384 Å². The number of rotatable bonds is 24. The summed E-state index contributed by atoms with van der Waals surface area (Å²) in [6, 6.07) is 1.92. The molecular weight excluding hydrogens is 812 g/mol. The van der Waals surface area contributed by atoms with Crippen LogP contribution in [0.5, 0.6) is 0 Å². The molecule has 0 aliphatic carbocycles. The van der Waals surface area contributed by atoms with E-state index in [9.17, 15) is 48.6 Å². The van der Waals surface area contributed by atoms with Crippen LogP contribution in [0.1, 0.15) is 85.1 Å². The molecule has 1 aromatic carbocycles. The Morgan fingerprint density at radius 2 is 1.52 bits per heavy atom. The molecule has 1 aliphatic rings. The minimum Gasteiger partial charge on any atom is -0.394 e. The van der Waals surface area contributed by atoms with Crippen LogP contribution in [0.15, 0.2) is 30.3 Å². The van der Waals surface area contributed by atoms with E-state index in [0.29, 0.717) is 4.90 Å². The summed E-state index contributed by atoms with van der Waals surface area (Å²) in [7, 11) is 0. The van der Waals surface area contributed by atoms with E-state index in [1.165, 1.54) is 13.8 Å². The van der Waals surface area contributed by atoms with E-state index in [4.69, 9.17) is 28.7 Å². The van der Waals surface area contributed by atoms with Crippen molar-refractivity contribution >= 4 is 58.9 Å². The molecule has 0 radical (unpaired) electrons. The lowest BCUT2D eigenvalue weighted by molar-refractivity contribution is -0.169. The van der Waals surface area contributed by atoms with Crippen molar-refractivity contribution < 1.29 is 58.2 Å². The lowest BCUT2D eigenvalue weighted by Crippen LogP contribution is -2.77. The van der Waals surface area contributed by atoms with Gasteiger partial charge in [0.25, 0.3) is 17.7 Å². The Morgan fingerprint density at radius 3 is 1.98 bits per heavy atom. The molecular formula is C40H62N10O12. The number of nitrogens with zero attached hydrogens (tertiary/aromatic N) is 2. The first-order valence-corrected chi connectivity index (χ1v) is 20.2. The van der Waals surface area contributed by atoms with Crippen molar-refractivity contribution in [2.75, 3.05) is 13.2 Å². The number of aliphatic hydroxyl groups excluding tert-OH is 2. The second-order valence-electron chi connectivity index (χ2n) is 16.1. The monoisotopic (exact) mass is 874 g/mol. The standard InChI is InChI=1S/C40H62N10O12/c1-21(2)32(34(44)58)48-37(61)40(45,22(3)4)50(31(56)18-25(53)13-12-24-10-7-6-8-11-24)38(62)39(16-9-17-46-39)33(57)28(19-30(43)55)49(23(5)52)36(60)27(14-15-29(42)54)47-35(59)26(41)20-51/h6-8,10-11,21-22,25-28,32,46,51,53H,9,12-20,41,45H2,1-5H3,(H2,42,54)(H2,43,55)(H2,44,58)(H,47,59)(H,48,61)/t25?,26-,27-,28-,32-,39+,40-/m0/s1. The van der Waals surface area contributed by atoms with Crippen molar-refractivity contribution in [1.29, 1.82) is 0 Å². The lowest BCUT2D eigenvalue weighted by Gasteiger charge is -2.46. The summed E-state index contributed by atoms with van der Waals surface area (Å²) in [6.45, 7) is 5.71. The van der Waals surface area contributed by atoms with Gasteiger partial charge in [-0.15, -0.1) is 0 Å². The van der Waals surface area contributed by atoms with Gasteiger partial charge < -0.3 is 49.5 Å². The number of ketones is 1. The molecule has 7 atom stereocenters. The fourth-order valence-electron chi connectivity index (χ4n) is 7.12. The van der Waals surface area contributed by atoms with Gasteiger partial charge in [0.1, 0.15) is 24.2 Å². The first-order valence-electron chi connectivity index (χ1n) is 20.2. The Bertz CT molecular complexity index is 1840. The molecule has 344 valence electrons. The average molecular weight is 875 g/mol. The third-order valence-electron chi connectivity index (χ3n) is 10.7. The predicted octanol–water partition coefficient (Wildman–Crippen LogP) is -3.96. The molecule has 9 amide bonds. The summed E-state index contributed by atoms with van der Waals surface area (Å²) < 4.78 is 0. The molecule has 2 rings (SSSR count). The molecule has 1 heterocycles. The number of carbonyl (C=O) groups excluding carboxylic acids is 10. The van der Waals surface area contributed by atoms with E-state index in [0.717, 1.165) is 12.5 Å². The maximum atomic E-state index is 15.4. The molecule has 1 aromatic rings. The van der Waals surface area contributed by atoms with Gasteiger partial charge in [-0.05, 0) is 56.0 Å². The fraction of sp³-hybridized carbons (Fsp3) is 0.600. The van der Waals surface area contributed by atoms with Crippen molar-refractivity contribution in [2.24, 2.45) is 40.5 Å². The zero-order valence-corrected chi connectivity index (χ0v) is 35.8. The van der Waals surface area contributed by atoms with Crippen molar-refractivity contribution in [1.82, 2.24) is 25.8 Å². The molecule has 1 aliphatic heterocycles. The normalized spacial score (nSPS) is 18.3. The van der Waals surface area contributed by atoms with Crippen LogP contribution in [-0.2, 0) is 54.4 Å². The van der Waals surface area contributed by atoms with Crippen molar-refractivity contribution in [2.45, 2.75) is 127 Å². The zero-order valence-electron chi connectivity index (χ0n) is 35.8. The zero-order chi connectivity index (χ0) is 47.3. The maximum absolute atomic E-state index is 15.4. The second kappa shape index (κ2) is 23.0. The number of primary amides is 3. The number of aryl methyl sites for hydroxylation is 1. The second-order valence-corrected chi connectivity index (χ2v) is 16.1. The predicted molar refractivity (Wildman–Crippen MR) is 220 cm³/mol. The van der Waals surface area contributed by atoms with Gasteiger partial charge >= 0.3 is 0 Å². The van der Waals surface area contributed by atoms with Gasteiger partial charge in [0.05, 0.1) is 25.6 Å². The van der Waals surface area contributed by atoms with E-state index in [1.807, 2.05) is 0 Å². The molecule has 22 nitrogen and oxygen atoms in total. The number of carbonyl (C=O) groups is 10. The highest BCUT2D eigenvalue weighted by molar-refractivity contribution is 6.20. The highest BCUT2D eigenvalue weighted by atomic mass is 16.3. The molecule has 1 saturated heterocycles. The number of hydrogen-bond acceptors (Lipinski definition) is 15. The minimum atomic E-state index is -2.72. The van der Waals surface area contributed by atoms with Crippen molar-refractivity contribution in [3.05, 3.63) is 35.9 Å². The number of aliphatic hydroxyl groups is 2. The van der Waals surface area contributed by atoms with Gasteiger partial charge in [0, 0.05) is 13.3 Å². The lowest BCUT2D eigenvalue weighted by atomic mass is 9.81. The van der Waals surface area contributed by atoms with Crippen LogP contribution < -0.4 is 44.6 Å². The van der Waals surface area contributed by atoms with Crippen LogP contribution in [-0.4, -0.2) is 134 Å². The number of imide groups is 2. The first-order chi connectivity index (χ1) is 28.9. The third-order valence-corrected chi connectivity index (χ3v) is 10.7. The van der Waals surface area contributed by atoms with E-state index < -0.39 is 151 Å². The summed E-state index contributed by atoms with van der Waals surface area (Å²) >= 11 is 0. The Hall–Kier alpha value is -5.68. The van der Waals surface area contributed by atoms with Crippen LogP contribution in [0.4, 0.5) is 0 Å². The van der Waals surface area contributed by atoms with Crippen molar-refractivity contribution in [3.8, 4) is 0 Å². The Labute approximate surface area is 359 Å².